The number of piperidine rings is 3. The zero-order chi connectivity index (χ0) is 11.0. The molecule has 2 atom stereocenters. The van der Waals surface area contributed by atoms with Gasteiger partial charge in [0.05, 0.1) is 6.04 Å². The van der Waals surface area contributed by atoms with Crippen molar-refractivity contribution in [2.75, 3.05) is 19.6 Å². The van der Waals surface area contributed by atoms with Gasteiger partial charge in [0, 0.05) is 12.6 Å². The largest absolute Gasteiger partial charge is 0.303 e. The minimum atomic E-state index is 0.271. The summed E-state index contributed by atoms with van der Waals surface area (Å²) in [5.74, 6) is 1.80. The fraction of sp³-hybridized carbons (Fsp3) is 0.818. The van der Waals surface area contributed by atoms with Crippen LogP contribution in [-0.4, -0.2) is 45.8 Å². The molecule has 2 bridgehead atoms. The third kappa shape index (κ3) is 1.85. The van der Waals surface area contributed by atoms with Crippen LogP contribution in [0.25, 0.3) is 0 Å². The average molecular weight is 221 g/mol. The van der Waals surface area contributed by atoms with Crippen molar-refractivity contribution in [1.29, 1.82) is 0 Å². The molecule has 4 heterocycles. The lowest BCUT2D eigenvalue weighted by Crippen LogP contribution is -2.56. The van der Waals surface area contributed by atoms with Gasteiger partial charge in [-0.2, -0.15) is 5.10 Å². The number of H-pyrrole nitrogens is 1. The molecular weight excluding hydrogens is 202 g/mol. The number of rotatable bonds is 3. The lowest BCUT2D eigenvalue weighted by Gasteiger charge is -2.45. The minimum absolute atomic E-state index is 0.271. The van der Waals surface area contributed by atoms with Crippen LogP contribution in [0.3, 0.4) is 0 Å². The molecule has 0 saturated carbocycles. The van der Waals surface area contributed by atoms with Crippen LogP contribution in [0, 0.1) is 5.92 Å². The van der Waals surface area contributed by atoms with E-state index in [4.69, 9.17) is 0 Å². The normalized spacial score (nSPS) is 35.2. The van der Waals surface area contributed by atoms with Gasteiger partial charge in [0.25, 0.3) is 0 Å². The Balaban J connectivity index is 1.62. The number of aromatic nitrogens is 3. The van der Waals surface area contributed by atoms with E-state index in [0.717, 1.165) is 11.7 Å². The summed E-state index contributed by atoms with van der Waals surface area (Å²) in [6, 6.07) is 0.899. The van der Waals surface area contributed by atoms with Crippen molar-refractivity contribution in [2.24, 2.45) is 5.92 Å². The molecule has 0 radical (unpaired) electrons. The molecule has 0 amide bonds. The monoisotopic (exact) mass is 221 g/mol. The predicted molar refractivity (Wildman–Crippen MR) is 60.9 cm³/mol. The van der Waals surface area contributed by atoms with Crippen molar-refractivity contribution in [3.63, 3.8) is 0 Å². The Hall–Kier alpha value is -0.940. The molecule has 4 rings (SSSR count). The first-order chi connectivity index (χ1) is 7.83. The first-order valence-electron chi connectivity index (χ1n) is 6.16. The maximum Gasteiger partial charge on any atom is 0.141 e. The minimum Gasteiger partial charge on any atom is -0.303 e. The van der Waals surface area contributed by atoms with E-state index >= 15 is 0 Å². The van der Waals surface area contributed by atoms with Gasteiger partial charge in [-0.15, -0.1) is 0 Å². The van der Waals surface area contributed by atoms with Crippen molar-refractivity contribution in [3.05, 3.63) is 12.2 Å². The summed E-state index contributed by atoms with van der Waals surface area (Å²) in [5, 5.41) is 10.5. The maximum atomic E-state index is 4.20. The molecule has 3 saturated heterocycles. The number of hydrogen-bond acceptors (Lipinski definition) is 4. The highest BCUT2D eigenvalue weighted by Gasteiger charge is 2.34. The Kier molecular flexibility index (Phi) is 2.65. The molecule has 3 aliphatic rings. The summed E-state index contributed by atoms with van der Waals surface area (Å²) in [6.07, 6.45) is 4.27. The highest BCUT2D eigenvalue weighted by atomic mass is 15.2. The third-order valence-electron chi connectivity index (χ3n) is 3.96. The summed E-state index contributed by atoms with van der Waals surface area (Å²) in [5.41, 5.74) is 0. The van der Waals surface area contributed by atoms with E-state index in [1.165, 1.54) is 32.5 Å². The standard InChI is InChI=1S/C11H19N5/c1-8(11-12-7-13-15-11)14-10-6-16-4-2-9(10)3-5-16/h7-10,14H,2-6H2,1H3,(H,12,13,15). The van der Waals surface area contributed by atoms with Gasteiger partial charge < -0.3 is 10.2 Å². The summed E-state index contributed by atoms with van der Waals surface area (Å²) in [4.78, 5) is 6.76. The Morgan fingerprint density at radius 3 is 2.88 bits per heavy atom. The Bertz CT molecular complexity index is 328. The van der Waals surface area contributed by atoms with Crippen LogP contribution in [0.4, 0.5) is 0 Å². The van der Waals surface area contributed by atoms with Crippen molar-refractivity contribution < 1.29 is 0 Å². The summed E-state index contributed by atoms with van der Waals surface area (Å²) < 4.78 is 0. The van der Waals surface area contributed by atoms with E-state index < -0.39 is 0 Å². The Morgan fingerprint density at radius 2 is 2.31 bits per heavy atom. The van der Waals surface area contributed by atoms with E-state index in [1.54, 1.807) is 6.33 Å². The highest BCUT2D eigenvalue weighted by Crippen LogP contribution is 2.28. The first kappa shape index (κ1) is 10.2. The predicted octanol–water partition coefficient (Wildman–Crippen LogP) is 0.549. The van der Waals surface area contributed by atoms with Crippen LogP contribution in [0.5, 0.6) is 0 Å². The second-order valence-electron chi connectivity index (χ2n) is 5.00. The van der Waals surface area contributed by atoms with Gasteiger partial charge in [-0.1, -0.05) is 0 Å². The van der Waals surface area contributed by atoms with Gasteiger partial charge in [-0.3, -0.25) is 5.10 Å². The van der Waals surface area contributed by atoms with Crippen LogP contribution < -0.4 is 5.32 Å². The smallest absolute Gasteiger partial charge is 0.141 e. The Labute approximate surface area is 95.6 Å². The number of nitrogens with one attached hydrogen (secondary N) is 2. The van der Waals surface area contributed by atoms with Crippen LogP contribution in [0.2, 0.25) is 0 Å². The molecule has 0 aliphatic carbocycles. The van der Waals surface area contributed by atoms with E-state index in [0.29, 0.717) is 6.04 Å². The molecule has 88 valence electrons. The van der Waals surface area contributed by atoms with Crippen molar-refractivity contribution in [3.8, 4) is 0 Å². The van der Waals surface area contributed by atoms with Gasteiger partial charge in [0.1, 0.15) is 12.2 Å². The molecule has 5 nitrogen and oxygen atoms in total. The number of hydrogen-bond donors (Lipinski definition) is 2. The maximum absolute atomic E-state index is 4.20. The van der Waals surface area contributed by atoms with Gasteiger partial charge in [0.2, 0.25) is 0 Å². The summed E-state index contributed by atoms with van der Waals surface area (Å²) in [6.45, 7) is 5.93. The van der Waals surface area contributed by atoms with Crippen LogP contribution >= 0.6 is 0 Å². The number of fused-ring (bicyclic) bond motifs is 3. The second-order valence-corrected chi connectivity index (χ2v) is 5.00. The van der Waals surface area contributed by atoms with Gasteiger partial charge in [0.15, 0.2) is 0 Å². The molecule has 3 fully saturated rings. The molecule has 1 aromatic heterocycles. The molecule has 0 aromatic carbocycles. The topological polar surface area (TPSA) is 56.8 Å². The van der Waals surface area contributed by atoms with Crippen molar-refractivity contribution in [2.45, 2.75) is 31.8 Å². The summed E-state index contributed by atoms with van der Waals surface area (Å²) in [7, 11) is 0. The highest BCUT2D eigenvalue weighted by molar-refractivity contribution is 4.96. The van der Waals surface area contributed by atoms with Gasteiger partial charge in [-0.05, 0) is 38.8 Å². The lowest BCUT2D eigenvalue weighted by atomic mass is 9.84. The SMILES string of the molecule is CC(NC1CN2CCC1CC2)c1ncn[nH]1. The van der Waals surface area contributed by atoms with Crippen molar-refractivity contribution in [1.82, 2.24) is 25.4 Å². The average Bonchev–Trinajstić information content (AvgIpc) is 2.84. The van der Waals surface area contributed by atoms with Gasteiger partial charge in [-0.25, -0.2) is 4.98 Å². The molecule has 0 spiro atoms. The van der Waals surface area contributed by atoms with Crippen molar-refractivity contribution >= 4 is 0 Å². The van der Waals surface area contributed by atoms with Crippen LogP contribution in [0.1, 0.15) is 31.6 Å². The molecule has 1 aromatic rings. The molecule has 2 unspecified atom stereocenters. The first-order valence-corrected chi connectivity index (χ1v) is 6.16. The zero-order valence-corrected chi connectivity index (χ0v) is 9.69. The fourth-order valence-electron chi connectivity index (χ4n) is 2.98. The van der Waals surface area contributed by atoms with E-state index in [1.807, 2.05) is 0 Å². The lowest BCUT2D eigenvalue weighted by molar-refractivity contribution is 0.0675. The zero-order valence-electron chi connectivity index (χ0n) is 9.69. The van der Waals surface area contributed by atoms with Gasteiger partial charge >= 0.3 is 0 Å². The van der Waals surface area contributed by atoms with Crippen LogP contribution in [0.15, 0.2) is 6.33 Å². The quantitative estimate of drug-likeness (QED) is 0.782. The molecule has 16 heavy (non-hydrogen) atoms. The fourth-order valence-corrected chi connectivity index (χ4v) is 2.98. The van der Waals surface area contributed by atoms with Crippen LogP contribution in [-0.2, 0) is 0 Å². The molecule has 3 aliphatic heterocycles. The van der Waals surface area contributed by atoms with E-state index in [2.05, 4.69) is 32.3 Å². The second kappa shape index (κ2) is 4.14. The summed E-state index contributed by atoms with van der Waals surface area (Å²) >= 11 is 0. The third-order valence-corrected chi connectivity index (χ3v) is 3.96. The Morgan fingerprint density at radius 1 is 1.50 bits per heavy atom. The molecule has 2 N–H and O–H groups in total. The number of aromatic amines is 1. The van der Waals surface area contributed by atoms with E-state index in [9.17, 15) is 0 Å². The number of nitrogens with zero attached hydrogens (tertiary/aromatic N) is 3. The molecule has 5 heteroatoms. The van der Waals surface area contributed by atoms with E-state index in [-0.39, 0.29) is 6.04 Å². The molecular formula is C11H19N5.